The molecule has 9 nitrogen and oxygen atoms in total. The first-order chi connectivity index (χ1) is 16.5. The van der Waals surface area contributed by atoms with E-state index < -0.39 is 6.04 Å². The third-order valence-corrected chi connectivity index (χ3v) is 6.02. The summed E-state index contributed by atoms with van der Waals surface area (Å²) in [4.78, 5) is 27.6. The molecule has 4 N–H and O–H groups in total. The van der Waals surface area contributed by atoms with E-state index >= 15 is 0 Å². The molecule has 0 radical (unpaired) electrons. The van der Waals surface area contributed by atoms with Gasteiger partial charge < -0.3 is 30.8 Å². The maximum atomic E-state index is 11.8. The van der Waals surface area contributed by atoms with E-state index in [0.717, 1.165) is 60.7 Å². The molecule has 1 atom stereocenters. The van der Waals surface area contributed by atoms with Crippen molar-refractivity contribution in [2.24, 2.45) is 0 Å². The van der Waals surface area contributed by atoms with Crippen molar-refractivity contribution in [2.45, 2.75) is 19.9 Å². The van der Waals surface area contributed by atoms with Gasteiger partial charge in [-0.25, -0.2) is 15.0 Å². The Morgan fingerprint density at radius 3 is 2.65 bits per heavy atom. The van der Waals surface area contributed by atoms with Crippen LogP contribution >= 0.6 is 0 Å². The molecule has 1 aromatic carbocycles. The molecule has 3 aromatic rings. The second-order valence-corrected chi connectivity index (χ2v) is 8.45. The van der Waals surface area contributed by atoms with E-state index in [0.29, 0.717) is 17.2 Å². The van der Waals surface area contributed by atoms with E-state index in [2.05, 4.69) is 44.6 Å². The summed E-state index contributed by atoms with van der Waals surface area (Å²) in [5, 5.41) is 6.54. The van der Waals surface area contributed by atoms with Gasteiger partial charge in [0, 0.05) is 35.7 Å². The highest BCUT2D eigenvalue weighted by atomic mass is 16.5. The molecule has 1 unspecified atom stereocenters. The van der Waals surface area contributed by atoms with Crippen LogP contribution < -0.4 is 21.3 Å². The van der Waals surface area contributed by atoms with E-state index in [4.69, 9.17) is 15.5 Å². The summed E-state index contributed by atoms with van der Waals surface area (Å²) in [6, 6.07) is 9.51. The van der Waals surface area contributed by atoms with Gasteiger partial charge >= 0.3 is 0 Å². The Hall–Kier alpha value is -3.98. The number of rotatable bonds is 5. The fourth-order valence-corrected chi connectivity index (χ4v) is 4.45. The first-order valence-electron chi connectivity index (χ1n) is 11.3. The molecular formula is C25H27N7O2. The average Bonchev–Trinajstić information content (AvgIpc) is 2.83. The van der Waals surface area contributed by atoms with Crippen LogP contribution in [0.3, 0.4) is 0 Å². The van der Waals surface area contributed by atoms with Crippen molar-refractivity contribution >= 4 is 35.5 Å². The number of benzene rings is 1. The Kier molecular flexibility index (Phi) is 5.85. The van der Waals surface area contributed by atoms with Crippen molar-refractivity contribution in [3.8, 4) is 11.4 Å². The molecule has 34 heavy (non-hydrogen) atoms. The molecule has 0 spiro atoms. The molecule has 0 saturated carbocycles. The molecule has 2 aromatic heterocycles. The third-order valence-electron chi connectivity index (χ3n) is 6.02. The van der Waals surface area contributed by atoms with E-state index in [1.165, 1.54) is 5.69 Å². The number of morpholine rings is 1. The summed E-state index contributed by atoms with van der Waals surface area (Å²) in [6.07, 6.45) is 4.58. The maximum Gasteiger partial charge on any atom is 0.220 e. The first-order valence-corrected chi connectivity index (χ1v) is 11.3. The Labute approximate surface area is 198 Å². The number of fused-ring (bicyclic) bond motifs is 1. The van der Waals surface area contributed by atoms with Crippen LogP contribution in [0.15, 0.2) is 36.5 Å². The quantitative estimate of drug-likeness (QED) is 0.497. The van der Waals surface area contributed by atoms with E-state index in [1.54, 1.807) is 6.20 Å². The second-order valence-electron chi connectivity index (χ2n) is 8.45. The standard InChI is InChI=1S/C25H27N7O2/c1-15-11-18(3-4-22(15)32-7-9-34-10-8-32)29-24-23-17(5-6-27-21(23)14-33)13-20(30-24)19-12-16(2)28-25(26)31-19/h3-6,11-14,21,27H,7-10H2,1-2H3,(H,29,30)(H2,26,28,31). The average molecular weight is 458 g/mol. The molecule has 1 fully saturated rings. The highest BCUT2D eigenvalue weighted by molar-refractivity contribution is 5.80. The monoisotopic (exact) mass is 457 g/mol. The fourth-order valence-electron chi connectivity index (χ4n) is 4.45. The normalized spacial score (nSPS) is 17.1. The minimum absolute atomic E-state index is 0.196. The smallest absolute Gasteiger partial charge is 0.220 e. The first kappa shape index (κ1) is 21.8. The molecule has 4 heterocycles. The largest absolute Gasteiger partial charge is 0.378 e. The molecular weight excluding hydrogens is 430 g/mol. The van der Waals surface area contributed by atoms with Crippen molar-refractivity contribution in [3.63, 3.8) is 0 Å². The molecule has 0 aliphatic carbocycles. The van der Waals surface area contributed by atoms with Crippen molar-refractivity contribution in [2.75, 3.05) is 42.3 Å². The van der Waals surface area contributed by atoms with Crippen LogP contribution in [0.4, 0.5) is 23.1 Å². The highest BCUT2D eigenvalue weighted by Gasteiger charge is 2.23. The van der Waals surface area contributed by atoms with Gasteiger partial charge in [0.05, 0.1) is 24.6 Å². The maximum absolute atomic E-state index is 11.8. The van der Waals surface area contributed by atoms with Gasteiger partial charge in [0.1, 0.15) is 18.1 Å². The Morgan fingerprint density at radius 1 is 1.12 bits per heavy atom. The number of ether oxygens (including phenoxy) is 1. The number of aldehydes is 1. The number of nitrogen functional groups attached to an aromatic ring is 1. The lowest BCUT2D eigenvalue weighted by atomic mass is 9.97. The Balaban J connectivity index is 1.55. The van der Waals surface area contributed by atoms with Crippen molar-refractivity contribution in [1.82, 2.24) is 20.3 Å². The molecule has 0 bridgehead atoms. The van der Waals surface area contributed by atoms with Gasteiger partial charge in [0.15, 0.2) is 0 Å². The van der Waals surface area contributed by atoms with Crippen LogP contribution in [0, 0.1) is 13.8 Å². The van der Waals surface area contributed by atoms with E-state index in [9.17, 15) is 4.79 Å². The molecule has 0 amide bonds. The number of nitrogens with two attached hydrogens (primary N) is 1. The van der Waals surface area contributed by atoms with Crippen LogP contribution in [-0.2, 0) is 9.53 Å². The Bertz CT molecular complexity index is 1250. The van der Waals surface area contributed by atoms with Crippen molar-refractivity contribution in [1.29, 1.82) is 0 Å². The van der Waals surface area contributed by atoms with Crippen LogP contribution in [-0.4, -0.2) is 47.5 Å². The predicted octanol–water partition coefficient (Wildman–Crippen LogP) is 3.13. The predicted molar refractivity (Wildman–Crippen MR) is 133 cm³/mol. The SMILES string of the molecule is Cc1cc(-c2cc3c(c(Nc4ccc(N5CCOCC5)c(C)c4)n2)C(C=O)NC=C3)nc(N)n1. The van der Waals surface area contributed by atoms with Crippen molar-refractivity contribution in [3.05, 3.63) is 58.9 Å². The zero-order valence-electron chi connectivity index (χ0n) is 19.2. The number of hydrogen-bond donors (Lipinski definition) is 3. The van der Waals surface area contributed by atoms with Gasteiger partial charge in [0.25, 0.3) is 0 Å². The number of nitrogens with zero attached hydrogens (tertiary/aromatic N) is 4. The summed E-state index contributed by atoms with van der Waals surface area (Å²) in [5.74, 6) is 0.788. The summed E-state index contributed by atoms with van der Waals surface area (Å²) in [5.41, 5.74) is 12.8. The number of aromatic nitrogens is 3. The minimum atomic E-state index is -0.505. The summed E-state index contributed by atoms with van der Waals surface area (Å²) < 4.78 is 5.48. The lowest BCUT2D eigenvalue weighted by molar-refractivity contribution is -0.109. The van der Waals surface area contributed by atoms with Gasteiger partial charge in [-0.3, -0.25) is 0 Å². The number of carbonyl (C=O) groups is 1. The molecule has 9 heteroatoms. The minimum Gasteiger partial charge on any atom is -0.378 e. The summed E-state index contributed by atoms with van der Waals surface area (Å²) in [7, 11) is 0. The number of pyridine rings is 1. The number of hydrogen-bond acceptors (Lipinski definition) is 9. The summed E-state index contributed by atoms with van der Waals surface area (Å²) >= 11 is 0. The van der Waals surface area contributed by atoms with Crippen LogP contribution in [0.25, 0.3) is 17.5 Å². The van der Waals surface area contributed by atoms with Gasteiger partial charge in [-0.1, -0.05) is 0 Å². The fraction of sp³-hybridized carbons (Fsp3) is 0.280. The molecule has 2 aliphatic heterocycles. The topological polar surface area (TPSA) is 118 Å². The zero-order valence-corrected chi connectivity index (χ0v) is 19.2. The third kappa shape index (κ3) is 4.29. The van der Waals surface area contributed by atoms with Gasteiger partial charge in [-0.15, -0.1) is 0 Å². The highest BCUT2D eigenvalue weighted by Crippen LogP contribution is 2.34. The van der Waals surface area contributed by atoms with Gasteiger partial charge in [-0.05, 0) is 67.6 Å². The lowest BCUT2D eigenvalue weighted by Crippen LogP contribution is -2.36. The van der Waals surface area contributed by atoms with Crippen LogP contribution in [0.1, 0.15) is 28.4 Å². The van der Waals surface area contributed by atoms with E-state index in [-0.39, 0.29) is 5.95 Å². The molecule has 1 saturated heterocycles. The number of aryl methyl sites for hydroxylation is 2. The van der Waals surface area contributed by atoms with Gasteiger partial charge in [0.2, 0.25) is 5.95 Å². The second kappa shape index (κ2) is 9.11. The molecule has 174 valence electrons. The van der Waals surface area contributed by atoms with Crippen LogP contribution in [0.5, 0.6) is 0 Å². The molecule has 5 rings (SSSR count). The number of nitrogens with one attached hydrogen (secondary N) is 2. The summed E-state index contributed by atoms with van der Waals surface area (Å²) in [6.45, 7) is 7.20. The molecule has 2 aliphatic rings. The van der Waals surface area contributed by atoms with Crippen LogP contribution in [0.2, 0.25) is 0 Å². The number of carbonyl (C=O) groups excluding carboxylic acids is 1. The Morgan fingerprint density at radius 2 is 1.91 bits per heavy atom. The zero-order chi connectivity index (χ0) is 23.7. The van der Waals surface area contributed by atoms with E-state index in [1.807, 2.05) is 31.2 Å². The lowest BCUT2D eigenvalue weighted by Gasteiger charge is -2.30. The number of anilines is 4. The van der Waals surface area contributed by atoms with Gasteiger partial charge in [-0.2, -0.15) is 0 Å². The van der Waals surface area contributed by atoms with Crippen molar-refractivity contribution < 1.29 is 9.53 Å².